The van der Waals surface area contributed by atoms with Gasteiger partial charge in [0.05, 0.1) is 11.8 Å². The Morgan fingerprint density at radius 3 is 2.42 bits per heavy atom. The summed E-state index contributed by atoms with van der Waals surface area (Å²) in [5.74, 6) is -0.379. The summed E-state index contributed by atoms with van der Waals surface area (Å²) in [6.45, 7) is 3.36. The van der Waals surface area contributed by atoms with Crippen molar-refractivity contribution in [3.05, 3.63) is 90.0 Å². The smallest absolute Gasteiger partial charge is 0.228 e. The molecular weight excluding hydrogens is 417 g/mol. The van der Waals surface area contributed by atoms with Gasteiger partial charge in [-0.2, -0.15) is 0 Å². The number of hydrogen-bond acceptors (Lipinski definition) is 3. The molecule has 4 rings (SSSR count). The Balaban J connectivity index is 1.49. The van der Waals surface area contributed by atoms with E-state index in [1.54, 1.807) is 23.2 Å². The molecule has 2 heterocycles. The van der Waals surface area contributed by atoms with E-state index in [0.717, 1.165) is 22.3 Å². The van der Waals surface area contributed by atoms with Crippen molar-refractivity contribution in [3.8, 4) is 11.1 Å². The maximum Gasteiger partial charge on any atom is 0.228 e. The predicted molar refractivity (Wildman–Crippen MR) is 126 cm³/mol. The van der Waals surface area contributed by atoms with E-state index in [9.17, 15) is 14.0 Å². The van der Waals surface area contributed by atoms with Gasteiger partial charge >= 0.3 is 0 Å². The molecule has 1 aliphatic heterocycles. The van der Waals surface area contributed by atoms with Gasteiger partial charge in [-0.05, 0) is 60.2 Å². The zero-order valence-electron chi connectivity index (χ0n) is 18.8. The molecule has 1 atom stereocenters. The minimum Gasteiger partial charge on any atom is -0.356 e. The number of aromatic nitrogens is 1. The molecule has 2 aromatic carbocycles. The molecule has 1 N–H and O–H groups in total. The molecule has 1 aliphatic rings. The van der Waals surface area contributed by atoms with Crippen molar-refractivity contribution >= 4 is 11.8 Å². The van der Waals surface area contributed by atoms with Crippen molar-refractivity contribution in [1.82, 2.24) is 15.2 Å². The van der Waals surface area contributed by atoms with Gasteiger partial charge in [-0.3, -0.25) is 14.6 Å². The summed E-state index contributed by atoms with van der Waals surface area (Å²) in [4.78, 5) is 32.0. The Morgan fingerprint density at radius 2 is 1.76 bits per heavy atom. The lowest BCUT2D eigenvalue weighted by atomic mass is 9.79. The molecule has 1 saturated heterocycles. The summed E-state index contributed by atoms with van der Waals surface area (Å²) < 4.78 is 13.2. The van der Waals surface area contributed by atoms with Gasteiger partial charge in [0.1, 0.15) is 5.82 Å². The Labute approximate surface area is 193 Å². The maximum absolute atomic E-state index is 13.2. The van der Waals surface area contributed by atoms with Crippen molar-refractivity contribution in [2.75, 3.05) is 19.6 Å². The summed E-state index contributed by atoms with van der Waals surface area (Å²) in [5.41, 5.74) is 3.27. The van der Waals surface area contributed by atoms with Gasteiger partial charge in [0.15, 0.2) is 0 Å². The van der Waals surface area contributed by atoms with Crippen molar-refractivity contribution in [3.63, 3.8) is 0 Å². The van der Waals surface area contributed by atoms with Crippen molar-refractivity contribution in [2.45, 2.75) is 26.2 Å². The Kier molecular flexibility index (Phi) is 6.82. The lowest BCUT2D eigenvalue weighted by Crippen LogP contribution is -2.45. The lowest BCUT2D eigenvalue weighted by Gasteiger charge is -2.28. The maximum atomic E-state index is 13.2. The van der Waals surface area contributed by atoms with Crippen LogP contribution in [0.3, 0.4) is 0 Å². The van der Waals surface area contributed by atoms with E-state index in [-0.39, 0.29) is 24.1 Å². The van der Waals surface area contributed by atoms with E-state index in [1.165, 1.54) is 12.1 Å². The molecule has 0 bridgehead atoms. The first-order valence-corrected chi connectivity index (χ1v) is 11.3. The van der Waals surface area contributed by atoms with Crippen molar-refractivity contribution < 1.29 is 14.0 Å². The predicted octanol–water partition coefficient (Wildman–Crippen LogP) is 4.03. The second-order valence-electron chi connectivity index (χ2n) is 8.62. The van der Waals surface area contributed by atoms with E-state index in [2.05, 4.69) is 10.3 Å². The third-order valence-corrected chi connectivity index (χ3v) is 6.29. The van der Waals surface area contributed by atoms with Crippen LogP contribution in [0.15, 0.2) is 73.1 Å². The topological polar surface area (TPSA) is 62.3 Å². The van der Waals surface area contributed by atoms with Crippen LogP contribution in [0.25, 0.3) is 11.1 Å². The second-order valence-corrected chi connectivity index (χ2v) is 8.62. The summed E-state index contributed by atoms with van der Waals surface area (Å²) in [6, 6.07) is 18.1. The molecule has 0 unspecified atom stereocenters. The Bertz CT molecular complexity index is 1100. The van der Waals surface area contributed by atoms with Crippen LogP contribution in [0, 0.1) is 11.2 Å². The minimum absolute atomic E-state index is 0.0154. The van der Waals surface area contributed by atoms with Gasteiger partial charge in [-0.1, -0.05) is 42.5 Å². The van der Waals surface area contributed by atoms with Gasteiger partial charge in [-0.25, -0.2) is 4.39 Å². The van der Waals surface area contributed by atoms with Crippen LogP contribution in [-0.4, -0.2) is 41.3 Å². The lowest BCUT2D eigenvalue weighted by molar-refractivity contribution is -0.132. The quantitative estimate of drug-likeness (QED) is 0.597. The average molecular weight is 446 g/mol. The molecule has 1 aromatic heterocycles. The van der Waals surface area contributed by atoms with Gasteiger partial charge in [0.25, 0.3) is 0 Å². The van der Waals surface area contributed by atoms with Crippen LogP contribution in [0.5, 0.6) is 0 Å². The number of pyridine rings is 1. The highest BCUT2D eigenvalue weighted by atomic mass is 19.1. The van der Waals surface area contributed by atoms with E-state index < -0.39 is 5.41 Å². The molecule has 1 fully saturated rings. The SMILES string of the molecule is CCNC(=O)[C@@]1(Cc2ccc(-c3cccnc3)cc2)CCN(C(=O)Cc2ccc(F)cc2)C1. The Hall–Kier alpha value is -3.54. The number of likely N-dealkylation sites (tertiary alicyclic amines) is 1. The molecular formula is C27H28FN3O2. The van der Waals surface area contributed by atoms with Crippen LogP contribution in [0.2, 0.25) is 0 Å². The third kappa shape index (κ3) is 5.28. The number of hydrogen-bond donors (Lipinski definition) is 1. The normalized spacial score (nSPS) is 17.7. The summed E-state index contributed by atoms with van der Waals surface area (Å²) in [6.07, 6.45) is 4.94. The Morgan fingerprint density at radius 1 is 1.03 bits per heavy atom. The highest BCUT2D eigenvalue weighted by molar-refractivity contribution is 5.86. The minimum atomic E-state index is -0.662. The number of rotatable bonds is 7. The number of carbonyl (C=O) groups is 2. The molecule has 0 saturated carbocycles. The van der Waals surface area contributed by atoms with Crippen LogP contribution in [0.4, 0.5) is 4.39 Å². The van der Waals surface area contributed by atoms with Gasteiger partial charge in [-0.15, -0.1) is 0 Å². The summed E-state index contributed by atoms with van der Waals surface area (Å²) in [5, 5.41) is 2.97. The number of benzene rings is 2. The van der Waals surface area contributed by atoms with Gasteiger partial charge < -0.3 is 10.2 Å². The monoisotopic (exact) mass is 445 g/mol. The molecule has 170 valence electrons. The third-order valence-electron chi connectivity index (χ3n) is 6.29. The molecule has 0 radical (unpaired) electrons. The number of nitrogens with one attached hydrogen (secondary N) is 1. The first-order chi connectivity index (χ1) is 16.0. The molecule has 0 aliphatic carbocycles. The summed E-state index contributed by atoms with van der Waals surface area (Å²) in [7, 11) is 0. The number of amides is 2. The van der Waals surface area contributed by atoms with E-state index in [0.29, 0.717) is 32.5 Å². The zero-order chi connectivity index (χ0) is 23.3. The fraction of sp³-hybridized carbons (Fsp3) is 0.296. The highest BCUT2D eigenvalue weighted by Gasteiger charge is 2.45. The molecule has 2 amide bonds. The fourth-order valence-corrected chi connectivity index (χ4v) is 4.47. The van der Waals surface area contributed by atoms with Crippen molar-refractivity contribution in [2.24, 2.45) is 5.41 Å². The van der Waals surface area contributed by atoms with E-state index in [4.69, 9.17) is 0 Å². The zero-order valence-corrected chi connectivity index (χ0v) is 18.8. The van der Waals surface area contributed by atoms with Crippen LogP contribution < -0.4 is 5.32 Å². The largest absolute Gasteiger partial charge is 0.356 e. The molecule has 33 heavy (non-hydrogen) atoms. The van der Waals surface area contributed by atoms with Gasteiger partial charge in [0, 0.05) is 32.0 Å². The van der Waals surface area contributed by atoms with Crippen LogP contribution in [0.1, 0.15) is 24.5 Å². The van der Waals surface area contributed by atoms with Crippen LogP contribution in [-0.2, 0) is 22.4 Å². The van der Waals surface area contributed by atoms with Gasteiger partial charge in [0.2, 0.25) is 11.8 Å². The van der Waals surface area contributed by atoms with Crippen molar-refractivity contribution in [1.29, 1.82) is 0 Å². The summed E-state index contributed by atoms with van der Waals surface area (Å²) >= 11 is 0. The number of nitrogens with zero attached hydrogens (tertiary/aromatic N) is 2. The van der Waals surface area contributed by atoms with E-state index in [1.807, 2.05) is 49.5 Å². The average Bonchev–Trinajstić information content (AvgIpc) is 3.27. The number of halogens is 1. The molecule has 5 nitrogen and oxygen atoms in total. The number of carbonyl (C=O) groups excluding carboxylic acids is 2. The highest BCUT2D eigenvalue weighted by Crippen LogP contribution is 2.35. The van der Waals surface area contributed by atoms with E-state index >= 15 is 0 Å². The molecule has 3 aromatic rings. The standard InChI is InChI=1S/C27H28FN3O2/c1-2-30-26(33)27(17-21-5-9-22(10-6-21)23-4-3-14-29-18-23)13-15-31(19-27)25(32)16-20-7-11-24(28)12-8-20/h3-12,14,18H,2,13,15-17,19H2,1H3,(H,30,33)/t27-/m1/s1. The first kappa shape index (κ1) is 22.6. The molecule has 0 spiro atoms. The molecule has 6 heteroatoms. The second kappa shape index (κ2) is 9.94. The van der Waals surface area contributed by atoms with Crippen LogP contribution >= 0.6 is 0 Å². The fourth-order valence-electron chi connectivity index (χ4n) is 4.47. The first-order valence-electron chi connectivity index (χ1n) is 11.3.